The summed E-state index contributed by atoms with van der Waals surface area (Å²) >= 11 is 0. The van der Waals surface area contributed by atoms with Crippen molar-refractivity contribution in [3.8, 4) is 0 Å². The van der Waals surface area contributed by atoms with Gasteiger partial charge in [-0.05, 0) is 19.3 Å². The molecule has 7 nitrogen and oxygen atoms in total. The molecule has 8 heteroatoms. The third-order valence-electron chi connectivity index (χ3n) is 4.16. The van der Waals surface area contributed by atoms with Crippen molar-refractivity contribution in [2.45, 2.75) is 44.2 Å². The Kier molecular flexibility index (Phi) is 4.28. The Hall–Kier alpha value is -1.70. The van der Waals surface area contributed by atoms with E-state index in [0.717, 1.165) is 25.7 Å². The quantitative estimate of drug-likeness (QED) is 0.847. The van der Waals surface area contributed by atoms with Gasteiger partial charge in [0.1, 0.15) is 11.5 Å². The normalized spacial score (nSPS) is 24.3. The van der Waals surface area contributed by atoms with Crippen molar-refractivity contribution in [1.29, 1.82) is 0 Å². The van der Waals surface area contributed by atoms with Crippen LogP contribution in [-0.4, -0.2) is 47.9 Å². The molecule has 1 unspecified atom stereocenters. The summed E-state index contributed by atoms with van der Waals surface area (Å²) in [5.74, 6) is 0.632. The molecule has 0 radical (unpaired) electrons. The zero-order chi connectivity index (χ0) is 15.6. The minimum atomic E-state index is -2.93. The minimum absolute atomic E-state index is 0.124. The van der Waals surface area contributed by atoms with E-state index in [9.17, 15) is 13.2 Å². The van der Waals surface area contributed by atoms with Crippen LogP contribution in [0.25, 0.3) is 0 Å². The van der Waals surface area contributed by atoms with Crippen molar-refractivity contribution in [3.05, 3.63) is 18.1 Å². The molecule has 2 heterocycles. The molecule has 0 aromatic carbocycles. The fourth-order valence-corrected chi connectivity index (χ4v) is 4.64. The van der Waals surface area contributed by atoms with E-state index in [2.05, 4.69) is 20.6 Å². The second-order valence-electron chi connectivity index (χ2n) is 5.99. The molecule has 1 aromatic heterocycles. The second kappa shape index (κ2) is 6.20. The van der Waals surface area contributed by atoms with Gasteiger partial charge in [-0.3, -0.25) is 4.79 Å². The van der Waals surface area contributed by atoms with Gasteiger partial charge in [-0.2, -0.15) is 0 Å². The summed E-state index contributed by atoms with van der Waals surface area (Å²) in [5, 5.41) is 6.01. The highest BCUT2D eigenvalue weighted by Gasteiger charge is 2.28. The number of carbonyl (C=O) groups excluding carboxylic acids is 1. The number of sulfone groups is 1. The highest BCUT2D eigenvalue weighted by Crippen LogP contribution is 2.18. The van der Waals surface area contributed by atoms with Gasteiger partial charge in [0.2, 0.25) is 0 Å². The third-order valence-corrected chi connectivity index (χ3v) is 5.93. The Labute approximate surface area is 129 Å². The second-order valence-corrected chi connectivity index (χ2v) is 8.21. The molecule has 1 aliphatic carbocycles. The summed E-state index contributed by atoms with van der Waals surface area (Å²) in [7, 11) is -2.93. The SMILES string of the molecule is O=C(NC1CCCC1)c1cnc(NC2CCS(=O)(=O)C2)cn1. The predicted molar refractivity (Wildman–Crippen MR) is 82.4 cm³/mol. The molecular formula is C14H20N4O3S. The monoisotopic (exact) mass is 324 g/mol. The Morgan fingerprint density at radius 2 is 1.86 bits per heavy atom. The smallest absolute Gasteiger partial charge is 0.271 e. The van der Waals surface area contributed by atoms with E-state index in [4.69, 9.17) is 0 Å². The first-order chi connectivity index (χ1) is 10.5. The van der Waals surface area contributed by atoms with E-state index in [-0.39, 0.29) is 35.2 Å². The fraction of sp³-hybridized carbons (Fsp3) is 0.643. The molecule has 1 aromatic rings. The van der Waals surface area contributed by atoms with Crippen molar-refractivity contribution in [2.24, 2.45) is 0 Å². The van der Waals surface area contributed by atoms with Crippen LogP contribution in [0, 0.1) is 0 Å². The molecule has 120 valence electrons. The summed E-state index contributed by atoms with van der Waals surface area (Å²) in [4.78, 5) is 20.3. The Morgan fingerprint density at radius 3 is 2.45 bits per heavy atom. The van der Waals surface area contributed by atoms with Gasteiger partial charge in [-0.15, -0.1) is 0 Å². The highest BCUT2D eigenvalue weighted by atomic mass is 32.2. The van der Waals surface area contributed by atoms with Gasteiger partial charge in [0, 0.05) is 12.1 Å². The summed E-state index contributed by atoms with van der Waals surface area (Å²) in [6.07, 6.45) is 7.84. The van der Waals surface area contributed by atoms with Crippen LogP contribution in [0.3, 0.4) is 0 Å². The predicted octanol–water partition coefficient (Wildman–Crippen LogP) is 0.748. The van der Waals surface area contributed by atoms with Crippen LogP contribution >= 0.6 is 0 Å². The Balaban J connectivity index is 1.56. The molecule has 0 bridgehead atoms. The Bertz CT molecular complexity index is 639. The number of hydrogen-bond acceptors (Lipinski definition) is 6. The average Bonchev–Trinajstić information content (AvgIpc) is 3.09. The van der Waals surface area contributed by atoms with E-state index in [0.29, 0.717) is 12.2 Å². The number of hydrogen-bond donors (Lipinski definition) is 2. The summed E-state index contributed by atoms with van der Waals surface area (Å²) in [6.45, 7) is 0. The van der Waals surface area contributed by atoms with E-state index < -0.39 is 9.84 Å². The van der Waals surface area contributed by atoms with E-state index in [1.165, 1.54) is 12.4 Å². The molecule has 1 aliphatic heterocycles. The molecule has 0 spiro atoms. The van der Waals surface area contributed by atoms with Gasteiger partial charge in [-0.25, -0.2) is 18.4 Å². The van der Waals surface area contributed by atoms with E-state index >= 15 is 0 Å². The molecule has 3 rings (SSSR count). The number of anilines is 1. The number of aromatic nitrogens is 2. The lowest BCUT2D eigenvalue weighted by atomic mass is 10.2. The van der Waals surface area contributed by atoms with Crippen LogP contribution in [0.2, 0.25) is 0 Å². The maximum atomic E-state index is 12.0. The van der Waals surface area contributed by atoms with E-state index in [1.807, 2.05) is 0 Å². The zero-order valence-electron chi connectivity index (χ0n) is 12.3. The summed E-state index contributed by atoms with van der Waals surface area (Å²) in [5.41, 5.74) is 0.288. The number of carbonyl (C=O) groups is 1. The van der Waals surface area contributed by atoms with Gasteiger partial charge >= 0.3 is 0 Å². The van der Waals surface area contributed by atoms with Crippen molar-refractivity contribution in [2.75, 3.05) is 16.8 Å². The lowest BCUT2D eigenvalue weighted by Gasteiger charge is -2.13. The van der Waals surface area contributed by atoms with Crippen LogP contribution in [0.1, 0.15) is 42.6 Å². The van der Waals surface area contributed by atoms with Crippen LogP contribution in [0.5, 0.6) is 0 Å². The van der Waals surface area contributed by atoms with Gasteiger partial charge in [0.05, 0.1) is 23.9 Å². The van der Waals surface area contributed by atoms with Crippen LogP contribution in [-0.2, 0) is 9.84 Å². The van der Waals surface area contributed by atoms with Gasteiger partial charge in [-0.1, -0.05) is 12.8 Å². The number of amides is 1. The average molecular weight is 324 g/mol. The molecule has 2 N–H and O–H groups in total. The lowest BCUT2D eigenvalue weighted by molar-refractivity contribution is 0.0932. The number of nitrogens with one attached hydrogen (secondary N) is 2. The Morgan fingerprint density at radius 1 is 1.09 bits per heavy atom. The number of nitrogens with zero attached hydrogens (tertiary/aromatic N) is 2. The van der Waals surface area contributed by atoms with Crippen LogP contribution in [0.15, 0.2) is 12.4 Å². The fourth-order valence-electron chi connectivity index (χ4n) is 2.97. The van der Waals surface area contributed by atoms with Crippen molar-refractivity contribution < 1.29 is 13.2 Å². The molecule has 2 fully saturated rings. The largest absolute Gasteiger partial charge is 0.365 e. The topological polar surface area (TPSA) is 101 Å². The summed E-state index contributed by atoms with van der Waals surface area (Å²) < 4.78 is 22.8. The maximum Gasteiger partial charge on any atom is 0.271 e. The lowest BCUT2D eigenvalue weighted by Crippen LogP contribution is -2.33. The molecular weight excluding hydrogens is 304 g/mol. The summed E-state index contributed by atoms with van der Waals surface area (Å²) in [6, 6.07) is 0.119. The van der Waals surface area contributed by atoms with Gasteiger partial charge < -0.3 is 10.6 Å². The van der Waals surface area contributed by atoms with Crippen LogP contribution in [0.4, 0.5) is 5.82 Å². The zero-order valence-corrected chi connectivity index (χ0v) is 13.1. The first-order valence-electron chi connectivity index (χ1n) is 7.62. The molecule has 1 saturated heterocycles. The first-order valence-corrected chi connectivity index (χ1v) is 9.44. The van der Waals surface area contributed by atoms with Crippen molar-refractivity contribution >= 4 is 21.6 Å². The van der Waals surface area contributed by atoms with Gasteiger partial charge in [0.25, 0.3) is 5.91 Å². The molecule has 1 saturated carbocycles. The number of rotatable bonds is 4. The molecule has 22 heavy (non-hydrogen) atoms. The molecule has 1 atom stereocenters. The maximum absolute atomic E-state index is 12.0. The molecule has 2 aliphatic rings. The highest BCUT2D eigenvalue weighted by molar-refractivity contribution is 7.91. The van der Waals surface area contributed by atoms with Crippen molar-refractivity contribution in [3.63, 3.8) is 0 Å². The third kappa shape index (κ3) is 3.73. The van der Waals surface area contributed by atoms with Crippen molar-refractivity contribution in [1.82, 2.24) is 15.3 Å². The van der Waals surface area contributed by atoms with Crippen LogP contribution < -0.4 is 10.6 Å². The first kappa shape index (κ1) is 15.2. The van der Waals surface area contributed by atoms with E-state index in [1.54, 1.807) is 0 Å². The van der Waals surface area contributed by atoms with Gasteiger partial charge in [0.15, 0.2) is 9.84 Å². The standard InChI is InChI=1S/C14H20N4O3S/c19-14(18-10-3-1-2-4-10)12-7-16-13(8-15-12)17-11-5-6-22(20,21)9-11/h7-8,10-11H,1-6,9H2,(H,16,17)(H,18,19). The minimum Gasteiger partial charge on any atom is -0.365 e. The molecule has 1 amide bonds.